The van der Waals surface area contributed by atoms with E-state index < -0.39 is 18.0 Å². The number of esters is 2. The van der Waals surface area contributed by atoms with Crippen molar-refractivity contribution < 1.29 is 19.1 Å². The Kier molecular flexibility index (Phi) is 16.2. The number of rotatable bonds is 18. The Labute approximate surface area is 257 Å². The van der Waals surface area contributed by atoms with Gasteiger partial charge in [0.05, 0.1) is 0 Å². The maximum atomic E-state index is 12.8. The third-order valence-electron chi connectivity index (χ3n) is 6.18. The summed E-state index contributed by atoms with van der Waals surface area (Å²) < 4.78 is 5.09. The van der Waals surface area contributed by atoms with E-state index in [4.69, 9.17) is 51.1 Å². The lowest BCUT2D eigenvalue weighted by Crippen LogP contribution is -2.43. The van der Waals surface area contributed by atoms with Crippen LogP contribution in [-0.4, -0.2) is 73.6 Å². The SMILES string of the molecule is CC(=O)NC(Cc1ccc(N(CCCl)CCCl)cc1)C(=O)OC(=O)CCCc1ccc(N(CCCl)CCCl)cc1. The maximum absolute atomic E-state index is 12.8. The Bertz CT molecular complexity index is 1040. The van der Waals surface area contributed by atoms with Gasteiger partial charge in [-0.2, -0.15) is 0 Å². The molecule has 1 N–H and O–H groups in total. The van der Waals surface area contributed by atoms with Gasteiger partial charge in [-0.25, -0.2) is 4.79 Å². The molecule has 0 saturated heterocycles. The van der Waals surface area contributed by atoms with Crippen molar-refractivity contribution >= 4 is 75.6 Å². The first-order valence-corrected chi connectivity index (χ1v) is 15.4. The van der Waals surface area contributed by atoms with E-state index in [9.17, 15) is 14.4 Å². The molecule has 2 rings (SSSR count). The zero-order chi connectivity index (χ0) is 29.3. The van der Waals surface area contributed by atoms with Crippen molar-refractivity contribution in [3.8, 4) is 0 Å². The average Bonchev–Trinajstić information content (AvgIpc) is 2.93. The molecule has 7 nitrogen and oxygen atoms in total. The van der Waals surface area contributed by atoms with E-state index in [-0.39, 0.29) is 18.7 Å². The van der Waals surface area contributed by atoms with Gasteiger partial charge in [0.25, 0.3) is 0 Å². The van der Waals surface area contributed by atoms with Crippen molar-refractivity contribution in [1.29, 1.82) is 0 Å². The largest absolute Gasteiger partial charge is 0.392 e. The van der Waals surface area contributed by atoms with Gasteiger partial charge in [-0.3, -0.25) is 9.59 Å². The van der Waals surface area contributed by atoms with Crippen molar-refractivity contribution in [2.24, 2.45) is 0 Å². The molecule has 0 aromatic heterocycles. The molecule has 0 bridgehead atoms. The number of nitrogens with zero attached hydrogens (tertiary/aromatic N) is 2. The molecule has 0 aliphatic heterocycles. The van der Waals surface area contributed by atoms with Gasteiger partial charge in [0.2, 0.25) is 5.91 Å². The van der Waals surface area contributed by atoms with Crippen LogP contribution in [-0.2, 0) is 32.0 Å². The number of alkyl halides is 4. The molecule has 2 aromatic carbocycles. The number of hydrogen-bond acceptors (Lipinski definition) is 6. The van der Waals surface area contributed by atoms with E-state index in [1.807, 2.05) is 48.5 Å². The van der Waals surface area contributed by atoms with Crippen LogP contribution >= 0.6 is 46.4 Å². The van der Waals surface area contributed by atoms with Gasteiger partial charge in [0.1, 0.15) is 6.04 Å². The highest BCUT2D eigenvalue weighted by Gasteiger charge is 2.24. The molecule has 0 radical (unpaired) electrons. The zero-order valence-corrected chi connectivity index (χ0v) is 25.7. The molecule has 0 saturated carbocycles. The van der Waals surface area contributed by atoms with E-state index in [1.165, 1.54) is 6.92 Å². The number of ether oxygens (including phenoxy) is 1. The van der Waals surface area contributed by atoms with Crippen molar-refractivity contribution in [3.63, 3.8) is 0 Å². The number of nitrogens with one attached hydrogen (secondary N) is 1. The molecular weight excluding hydrogens is 596 g/mol. The summed E-state index contributed by atoms with van der Waals surface area (Å²) in [6.07, 6.45) is 1.44. The average molecular weight is 633 g/mol. The normalized spacial score (nSPS) is 11.5. The van der Waals surface area contributed by atoms with Crippen LogP contribution in [0.4, 0.5) is 11.4 Å². The number of hydrogen-bond donors (Lipinski definition) is 1. The van der Waals surface area contributed by atoms with Crippen LogP contribution in [0.1, 0.15) is 30.9 Å². The van der Waals surface area contributed by atoms with E-state index in [1.54, 1.807) is 0 Å². The fourth-order valence-corrected chi connectivity index (χ4v) is 5.03. The van der Waals surface area contributed by atoms with E-state index in [0.717, 1.165) is 22.5 Å². The molecule has 40 heavy (non-hydrogen) atoms. The highest BCUT2D eigenvalue weighted by molar-refractivity contribution is 6.19. The summed E-state index contributed by atoms with van der Waals surface area (Å²) in [5, 5.41) is 2.59. The molecule has 0 aliphatic carbocycles. The van der Waals surface area contributed by atoms with E-state index in [2.05, 4.69) is 15.1 Å². The van der Waals surface area contributed by atoms with Gasteiger partial charge < -0.3 is 19.9 Å². The van der Waals surface area contributed by atoms with Crippen LogP contribution < -0.4 is 15.1 Å². The monoisotopic (exact) mass is 631 g/mol. The first-order chi connectivity index (χ1) is 19.3. The molecule has 0 fully saturated rings. The van der Waals surface area contributed by atoms with Crippen LogP contribution in [0.25, 0.3) is 0 Å². The second-order valence-corrected chi connectivity index (χ2v) is 10.7. The topological polar surface area (TPSA) is 79.0 Å². The van der Waals surface area contributed by atoms with Gasteiger partial charge in [-0.05, 0) is 48.2 Å². The number of aryl methyl sites for hydroxylation is 1. The molecule has 1 atom stereocenters. The van der Waals surface area contributed by atoms with Crippen molar-refractivity contribution in [2.45, 2.75) is 38.6 Å². The first kappa shape index (κ1) is 34.0. The minimum atomic E-state index is -0.981. The number of benzene rings is 2. The predicted octanol–water partition coefficient (Wildman–Crippen LogP) is 5.39. The van der Waals surface area contributed by atoms with Crippen molar-refractivity contribution in [2.75, 3.05) is 59.5 Å². The van der Waals surface area contributed by atoms with Crippen molar-refractivity contribution in [1.82, 2.24) is 5.32 Å². The summed E-state index contributed by atoms with van der Waals surface area (Å²) in [4.78, 5) is 41.1. The Balaban J connectivity index is 1.90. The molecule has 2 aromatic rings. The van der Waals surface area contributed by atoms with Crippen LogP contribution in [0.15, 0.2) is 48.5 Å². The number of carbonyl (C=O) groups excluding carboxylic acids is 3. The van der Waals surface area contributed by atoms with Gasteiger partial charge in [0.15, 0.2) is 0 Å². The van der Waals surface area contributed by atoms with Crippen LogP contribution in [0.2, 0.25) is 0 Å². The molecular formula is C29H37Cl4N3O4. The Hall–Kier alpha value is -2.19. The smallest absolute Gasteiger partial charge is 0.336 e. The lowest BCUT2D eigenvalue weighted by Gasteiger charge is -2.23. The number of carbonyl (C=O) groups is 3. The minimum absolute atomic E-state index is 0.0799. The summed E-state index contributed by atoms with van der Waals surface area (Å²) in [7, 11) is 0. The molecule has 0 aliphatic rings. The van der Waals surface area contributed by atoms with Gasteiger partial charge >= 0.3 is 11.9 Å². The third kappa shape index (κ3) is 12.1. The predicted molar refractivity (Wildman–Crippen MR) is 166 cm³/mol. The number of halogens is 4. The van der Waals surface area contributed by atoms with E-state index in [0.29, 0.717) is 62.5 Å². The zero-order valence-electron chi connectivity index (χ0n) is 22.7. The molecule has 0 spiro atoms. The number of amides is 1. The Morgan fingerprint density at radius 2 is 1.20 bits per heavy atom. The van der Waals surface area contributed by atoms with Crippen LogP contribution in [0.3, 0.4) is 0 Å². The first-order valence-electron chi connectivity index (χ1n) is 13.2. The summed E-state index contributed by atoms with van der Waals surface area (Å²) >= 11 is 23.6. The fourth-order valence-electron chi connectivity index (χ4n) is 4.21. The Morgan fingerprint density at radius 3 is 1.62 bits per heavy atom. The standard InChI is InChI=1S/C29H37Cl4N3O4/c1-22(37)34-27(21-24-7-11-26(12-8-24)36(19-15-32)20-16-33)29(39)40-28(38)4-2-3-23-5-9-25(10-6-23)35(17-13-30)18-14-31/h5-12,27H,2-4,13-21H2,1H3,(H,34,37). The van der Waals surface area contributed by atoms with Gasteiger partial charge in [0, 0.05) is 80.8 Å². The molecule has 1 amide bonds. The fraction of sp³-hybridized carbons (Fsp3) is 0.483. The van der Waals surface area contributed by atoms with Gasteiger partial charge in [-0.1, -0.05) is 24.3 Å². The lowest BCUT2D eigenvalue weighted by molar-refractivity contribution is -0.161. The summed E-state index contributed by atoms with van der Waals surface area (Å²) in [6.45, 7) is 4.05. The quantitative estimate of drug-likeness (QED) is 0.135. The molecule has 1 unspecified atom stereocenters. The molecule has 0 heterocycles. The number of anilines is 2. The highest BCUT2D eigenvalue weighted by atomic mass is 35.5. The third-order valence-corrected chi connectivity index (χ3v) is 6.86. The highest BCUT2D eigenvalue weighted by Crippen LogP contribution is 2.18. The van der Waals surface area contributed by atoms with Gasteiger partial charge in [-0.15, -0.1) is 46.4 Å². The van der Waals surface area contributed by atoms with E-state index >= 15 is 0 Å². The van der Waals surface area contributed by atoms with Crippen molar-refractivity contribution in [3.05, 3.63) is 59.7 Å². The lowest BCUT2D eigenvalue weighted by atomic mass is 10.0. The van der Waals surface area contributed by atoms with Crippen LogP contribution in [0, 0.1) is 0 Å². The minimum Gasteiger partial charge on any atom is -0.392 e. The summed E-state index contributed by atoms with van der Waals surface area (Å²) in [6, 6.07) is 14.6. The second kappa shape index (κ2) is 19.0. The Morgan fingerprint density at radius 1 is 0.750 bits per heavy atom. The summed E-state index contributed by atoms with van der Waals surface area (Å²) in [5.74, 6) is 0.171. The molecule has 11 heteroatoms. The summed E-state index contributed by atoms with van der Waals surface area (Å²) in [5.41, 5.74) is 3.87. The molecule has 220 valence electrons. The van der Waals surface area contributed by atoms with Crippen LogP contribution in [0.5, 0.6) is 0 Å². The second-order valence-electron chi connectivity index (χ2n) is 9.17. The maximum Gasteiger partial charge on any atom is 0.336 e.